The first-order valence-corrected chi connectivity index (χ1v) is 23.3. The third-order valence-corrected chi connectivity index (χ3v) is 18.0. The van der Waals surface area contributed by atoms with Gasteiger partial charge < -0.3 is 5.09 Å². The molecule has 0 bridgehead atoms. The van der Waals surface area contributed by atoms with Gasteiger partial charge in [0.25, 0.3) is 0 Å². The molecule has 0 heterocycles. The van der Waals surface area contributed by atoms with E-state index in [1.54, 1.807) is 0 Å². The van der Waals surface area contributed by atoms with Crippen LogP contribution in [0.3, 0.4) is 0 Å². The van der Waals surface area contributed by atoms with Crippen LogP contribution in [0.25, 0.3) is 5.09 Å². The molecule has 1 aliphatic rings. The van der Waals surface area contributed by atoms with Crippen molar-refractivity contribution in [3.8, 4) is 6.07 Å². The van der Waals surface area contributed by atoms with E-state index in [-0.39, 0.29) is 20.1 Å². The molecule has 0 aliphatic heterocycles. The van der Waals surface area contributed by atoms with Crippen LogP contribution in [-0.2, 0) is 20.1 Å². The number of rotatable bonds is 8. The average Bonchev–Trinajstić information content (AvgIpc) is 3.28. The summed E-state index contributed by atoms with van der Waals surface area (Å²) in [7, 11) is -5.97. The number of nitrogens with zero attached hydrogens (tertiary/aromatic N) is 3. The van der Waals surface area contributed by atoms with Crippen molar-refractivity contribution in [3.63, 3.8) is 0 Å². The SMILES string of the molecule is C1=C\CC/C=C\CC/1.Cc1ccccc1.N#CC(P(=Nc1ccccc1)(c1ccccc1)c1ccccc1)=P([N-]c1ccccc1)(c1ccccc1)c1ccccc1.[Ir]. The molecule has 0 fully saturated rings. The number of aryl methyl sites for hydroxylation is 1. The van der Waals surface area contributed by atoms with Gasteiger partial charge in [-0.15, -0.1) is 12.7 Å². The van der Waals surface area contributed by atoms with Crippen molar-refractivity contribution in [1.82, 2.24) is 0 Å². The molecule has 297 valence electrons. The molecule has 0 saturated heterocycles. The van der Waals surface area contributed by atoms with E-state index in [2.05, 4.69) is 98.0 Å². The van der Waals surface area contributed by atoms with Gasteiger partial charge in [0.2, 0.25) is 0 Å². The summed E-state index contributed by atoms with van der Waals surface area (Å²) >= 11 is 0. The quantitative estimate of drug-likeness (QED) is 0.111. The van der Waals surface area contributed by atoms with Gasteiger partial charge in [0.15, 0.2) is 0 Å². The van der Waals surface area contributed by atoms with Gasteiger partial charge in [0.1, 0.15) is 6.07 Å². The number of benzene rings is 7. The summed E-state index contributed by atoms with van der Waals surface area (Å²) in [5.41, 5.74) is 2.98. The first kappa shape index (κ1) is 44.6. The third-order valence-electron chi connectivity index (χ3n) is 9.55. The molecule has 59 heavy (non-hydrogen) atoms. The van der Waals surface area contributed by atoms with Crippen molar-refractivity contribution < 1.29 is 20.1 Å². The molecule has 7 aromatic carbocycles. The zero-order valence-electron chi connectivity index (χ0n) is 33.4. The van der Waals surface area contributed by atoms with Crippen molar-refractivity contribution >= 4 is 51.7 Å². The molecule has 8 rings (SSSR count). The molecule has 0 unspecified atom stereocenters. The number of hydrogen-bond donors (Lipinski definition) is 0. The molecule has 0 aromatic heterocycles. The van der Waals surface area contributed by atoms with Gasteiger partial charge in [-0.1, -0.05) is 230 Å². The second-order valence-corrected chi connectivity index (χ2v) is 19.9. The van der Waals surface area contributed by atoms with Crippen LogP contribution < -0.4 is 21.2 Å². The van der Waals surface area contributed by atoms with E-state index >= 15 is 0 Å². The van der Waals surface area contributed by atoms with Crippen molar-refractivity contribution in [2.24, 2.45) is 4.74 Å². The summed E-state index contributed by atoms with van der Waals surface area (Å²) in [6.07, 6.45) is 14.0. The molecular weight excluding hydrogens is 933 g/mol. The van der Waals surface area contributed by atoms with E-state index in [4.69, 9.17) is 9.83 Å². The van der Waals surface area contributed by atoms with Crippen LogP contribution in [0.5, 0.6) is 0 Å². The van der Waals surface area contributed by atoms with Crippen molar-refractivity contribution in [2.45, 2.75) is 32.6 Å². The zero-order chi connectivity index (χ0) is 40.1. The average molecular weight is 983 g/mol. The molecule has 0 saturated carbocycles. The van der Waals surface area contributed by atoms with Gasteiger partial charge in [-0.2, -0.15) is 5.26 Å². The Morgan fingerprint density at radius 1 is 0.458 bits per heavy atom. The maximum Gasteiger partial charge on any atom is 0.101 e. The zero-order valence-corrected chi connectivity index (χ0v) is 37.6. The normalized spacial score (nSPS) is 13.0. The molecule has 7 aromatic rings. The van der Waals surface area contributed by atoms with Gasteiger partial charge in [-0.25, -0.2) is 0 Å². The van der Waals surface area contributed by atoms with Crippen LogP contribution in [0.4, 0.5) is 11.4 Å². The topological polar surface area (TPSA) is 50.2 Å². The maximum absolute atomic E-state index is 11.6. The Bertz CT molecular complexity index is 2370. The predicted molar refractivity (Wildman–Crippen MR) is 255 cm³/mol. The smallest absolute Gasteiger partial charge is 0.101 e. The molecule has 3 nitrogen and oxygen atoms in total. The Balaban J connectivity index is 0.000000346. The fourth-order valence-electron chi connectivity index (χ4n) is 6.77. The van der Waals surface area contributed by atoms with Gasteiger partial charge in [-0.05, 0) is 55.3 Å². The Kier molecular flexibility index (Phi) is 18.0. The molecule has 1 aliphatic carbocycles. The van der Waals surface area contributed by atoms with Crippen molar-refractivity contribution in [2.75, 3.05) is 0 Å². The summed E-state index contributed by atoms with van der Waals surface area (Å²) in [6.45, 7) is 2.08. The van der Waals surface area contributed by atoms with E-state index in [1.807, 2.05) is 152 Å². The van der Waals surface area contributed by atoms with Crippen LogP contribution in [0.15, 0.2) is 241 Å². The van der Waals surface area contributed by atoms with Crippen LogP contribution >= 0.6 is 14.1 Å². The summed E-state index contributed by atoms with van der Waals surface area (Å²) in [5, 5.41) is 22.1. The van der Waals surface area contributed by atoms with E-state index in [0.29, 0.717) is 5.03 Å². The second-order valence-electron chi connectivity index (χ2n) is 13.7. The van der Waals surface area contributed by atoms with Crippen LogP contribution in [0.2, 0.25) is 0 Å². The number of hydrogen-bond acceptors (Lipinski definition) is 2. The molecular formula is C53H50IrN3P2-. The molecule has 0 atom stereocenters. The fraction of sp³-hybridized carbons (Fsp3) is 0.0943. The maximum atomic E-state index is 11.6. The molecule has 0 spiro atoms. The van der Waals surface area contributed by atoms with Crippen molar-refractivity contribution in [3.05, 3.63) is 247 Å². The third kappa shape index (κ3) is 11.8. The molecule has 6 heteroatoms. The Morgan fingerprint density at radius 3 is 1.12 bits per heavy atom. The minimum absolute atomic E-state index is 0. The standard InChI is InChI=1S/C38H30N3P2.C8H12.C7H8.Ir/c39-31-38(42(34-23-11-3-12-24-34,35-25-13-4-14-26-35)40-32-19-7-1-8-20-32)43(36-27-15-5-16-28-36,37-29-17-6-18-30-37)41-33-21-9-2-10-22-33;1-2-4-6-8-7-5-3-1;1-7-5-3-2-4-6-7;/h1-30H;1-2,7-8H,3-6H2;2-6H,1H3;/q-1;;;/b;2-1-,8-7-;;. The molecule has 1 radical (unpaired) electrons. The summed E-state index contributed by atoms with van der Waals surface area (Å²) < 4.78 is 5.68. The van der Waals surface area contributed by atoms with Crippen molar-refractivity contribution in [1.29, 1.82) is 5.26 Å². The van der Waals surface area contributed by atoms with Crippen LogP contribution in [0, 0.1) is 18.3 Å². The molecule has 0 amide bonds. The van der Waals surface area contributed by atoms with E-state index in [1.165, 1.54) is 31.2 Å². The van der Waals surface area contributed by atoms with E-state index in [9.17, 15) is 5.26 Å². The number of nitriles is 1. The van der Waals surface area contributed by atoms with Gasteiger partial charge >= 0.3 is 0 Å². The largest absolute Gasteiger partial charge is 0.651 e. The van der Waals surface area contributed by atoms with Gasteiger partial charge in [0.05, 0.1) is 17.8 Å². The second kappa shape index (κ2) is 23.8. The molecule has 0 N–H and O–H groups in total. The Labute approximate surface area is 365 Å². The van der Waals surface area contributed by atoms with Crippen LogP contribution in [0.1, 0.15) is 31.2 Å². The minimum Gasteiger partial charge on any atom is -0.651 e. The fourth-order valence-corrected chi connectivity index (χ4v) is 16.0. The number of allylic oxidation sites excluding steroid dienone is 4. The predicted octanol–water partition coefficient (Wildman–Crippen LogP) is 13.8. The van der Waals surface area contributed by atoms with Gasteiger partial charge in [-0.3, -0.25) is 4.74 Å². The summed E-state index contributed by atoms with van der Waals surface area (Å²) in [6, 6.07) is 74.6. The van der Waals surface area contributed by atoms with Gasteiger partial charge in [0, 0.05) is 30.7 Å². The summed E-state index contributed by atoms with van der Waals surface area (Å²) in [5.74, 6) is 0. The summed E-state index contributed by atoms with van der Waals surface area (Å²) in [4.78, 5) is 0. The first-order chi connectivity index (χ1) is 28.7. The monoisotopic (exact) mass is 983 g/mol. The van der Waals surface area contributed by atoms with E-state index in [0.717, 1.165) is 32.6 Å². The Morgan fingerprint density at radius 2 is 0.780 bits per heavy atom. The Hall–Kier alpha value is -5.51. The first-order valence-electron chi connectivity index (χ1n) is 19.8. The minimum atomic E-state index is -2.99. The van der Waals surface area contributed by atoms with E-state index < -0.39 is 14.1 Å². The van der Waals surface area contributed by atoms with Crippen LogP contribution in [-0.4, -0.2) is 5.03 Å².